The highest BCUT2D eigenvalue weighted by atomic mass is 32.2. The molecule has 0 aliphatic carbocycles. The summed E-state index contributed by atoms with van der Waals surface area (Å²) in [6.45, 7) is 3.13. The van der Waals surface area contributed by atoms with Crippen LogP contribution in [0.1, 0.15) is 31.9 Å². The van der Waals surface area contributed by atoms with Crippen molar-refractivity contribution in [2.75, 3.05) is 18.1 Å². The number of rotatable bonds is 9. The average Bonchev–Trinajstić information content (AvgIpc) is 2.77. The molecule has 17 heavy (non-hydrogen) atoms. The Morgan fingerprint density at radius 3 is 2.76 bits per heavy atom. The minimum Gasteiger partial charge on any atom is -0.468 e. The third-order valence-electron chi connectivity index (χ3n) is 2.53. The second-order valence-corrected chi connectivity index (χ2v) is 6.42. The van der Waals surface area contributed by atoms with Gasteiger partial charge in [-0.3, -0.25) is 0 Å². The largest absolute Gasteiger partial charge is 0.468 e. The number of unbranched alkanes of at least 4 members (excludes halogenated alkanes) is 2. The number of furan rings is 1. The fourth-order valence-electron chi connectivity index (χ4n) is 1.53. The molecule has 0 unspecified atom stereocenters. The molecule has 98 valence electrons. The van der Waals surface area contributed by atoms with Crippen molar-refractivity contribution in [1.29, 1.82) is 0 Å². The molecule has 0 aliphatic heterocycles. The van der Waals surface area contributed by atoms with Gasteiger partial charge in [0, 0.05) is 6.54 Å². The maximum atomic E-state index is 11.6. The van der Waals surface area contributed by atoms with E-state index < -0.39 is 9.84 Å². The van der Waals surface area contributed by atoms with Crippen molar-refractivity contribution in [2.45, 2.75) is 32.7 Å². The van der Waals surface area contributed by atoms with E-state index in [0.717, 1.165) is 25.0 Å². The molecule has 0 aliphatic rings. The van der Waals surface area contributed by atoms with Gasteiger partial charge < -0.3 is 9.73 Å². The van der Waals surface area contributed by atoms with Crippen LogP contribution >= 0.6 is 0 Å². The van der Waals surface area contributed by atoms with E-state index in [4.69, 9.17) is 4.42 Å². The predicted molar refractivity (Wildman–Crippen MR) is 68.6 cm³/mol. The maximum Gasteiger partial charge on any atom is 0.151 e. The number of hydrogen-bond acceptors (Lipinski definition) is 4. The highest BCUT2D eigenvalue weighted by Gasteiger charge is 2.09. The lowest BCUT2D eigenvalue weighted by Gasteiger charge is -2.04. The van der Waals surface area contributed by atoms with Crippen molar-refractivity contribution >= 4 is 9.84 Å². The molecule has 4 nitrogen and oxygen atoms in total. The molecular formula is C12H21NO3S. The van der Waals surface area contributed by atoms with Crippen LogP contribution in [0.4, 0.5) is 0 Å². The summed E-state index contributed by atoms with van der Waals surface area (Å²) >= 11 is 0. The molecule has 1 rings (SSSR count). The van der Waals surface area contributed by atoms with Gasteiger partial charge in [0.25, 0.3) is 0 Å². The molecular weight excluding hydrogens is 238 g/mol. The van der Waals surface area contributed by atoms with E-state index in [-0.39, 0.29) is 5.75 Å². The molecule has 0 fully saturated rings. The summed E-state index contributed by atoms with van der Waals surface area (Å²) in [5.41, 5.74) is 0. The normalized spacial score (nSPS) is 11.8. The minimum absolute atomic E-state index is 0.206. The molecule has 1 aromatic heterocycles. The Hall–Kier alpha value is -0.810. The Balaban J connectivity index is 2.12. The molecule has 0 atom stereocenters. The first-order chi connectivity index (χ1) is 8.14. The van der Waals surface area contributed by atoms with Gasteiger partial charge in [0.1, 0.15) is 5.76 Å². The quantitative estimate of drug-likeness (QED) is 0.689. The van der Waals surface area contributed by atoms with Gasteiger partial charge in [-0.25, -0.2) is 8.42 Å². The van der Waals surface area contributed by atoms with Gasteiger partial charge in [0.2, 0.25) is 0 Å². The van der Waals surface area contributed by atoms with Crippen molar-refractivity contribution in [3.05, 3.63) is 24.2 Å². The van der Waals surface area contributed by atoms with Crippen LogP contribution < -0.4 is 5.32 Å². The molecule has 5 heteroatoms. The maximum absolute atomic E-state index is 11.6. The van der Waals surface area contributed by atoms with E-state index in [1.165, 1.54) is 0 Å². The van der Waals surface area contributed by atoms with Crippen LogP contribution in [-0.2, 0) is 16.4 Å². The Morgan fingerprint density at radius 2 is 2.12 bits per heavy atom. The first-order valence-electron chi connectivity index (χ1n) is 6.07. The zero-order valence-corrected chi connectivity index (χ0v) is 11.1. The van der Waals surface area contributed by atoms with E-state index >= 15 is 0 Å². The van der Waals surface area contributed by atoms with Gasteiger partial charge in [-0.1, -0.05) is 19.8 Å². The summed E-state index contributed by atoms with van der Waals surface area (Å²) in [5, 5.41) is 3.06. The van der Waals surface area contributed by atoms with Crippen molar-refractivity contribution in [1.82, 2.24) is 5.32 Å². The number of sulfone groups is 1. The molecule has 0 aromatic carbocycles. The summed E-state index contributed by atoms with van der Waals surface area (Å²) in [5.74, 6) is 1.34. The van der Waals surface area contributed by atoms with Crippen LogP contribution in [0.2, 0.25) is 0 Å². The zero-order valence-electron chi connectivity index (χ0n) is 10.3. The second kappa shape index (κ2) is 7.50. The van der Waals surface area contributed by atoms with Crippen molar-refractivity contribution in [2.24, 2.45) is 0 Å². The summed E-state index contributed by atoms with van der Waals surface area (Å²) in [4.78, 5) is 0. The van der Waals surface area contributed by atoms with Crippen molar-refractivity contribution < 1.29 is 12.8 Å². The van der Waals surface area contributed by atoms with E-state index in [1.54, 1.807) is 6.26 Å². The van der Waals surface area contributed by atoms with Crippen LogP contribution in [0.15, 0.2) is 22.8 Å². The van der Waals surface area contributed by atoms with Gasteiger partial charge in [-0.15, -0.1) is 0 Å². The van der Waals surface area contributed by atoms with Gasteiger partial charge >= 0.3 is 0 Å². The van der Waals surface area contributed by atoms with Gasteiger partial charge in [0.15, 0.2) is 9.84 Å². The Bertz CT molecular complexity index is 384. The molecule has 0 bridgehead atoms. The monoisotopic (exact) mass is 259 g/mol. The lowest BCUT2D eigenvalue weighted by Crippen LogP contribution is -2.24. The van der Waals surface area contributed by atoms with Crippen LogP contribution in [-0.4, -0.2) is 26.5 Å². The van der Waals surface area contributed by atoms with Gasteiger partial charge in [-0.2, -0.15) is 0 Å². The SMILES string of the molecule is CCCCCS(=O)(=O)CCNCc1ccco1. The first-order valence-corrected chi connectivity index (χ1v) is 7.89. The second-order valence-electron chi connectivity index (χ2n) is 4.12. The van der Waals surface area contributed by atoms with Gasteiger partial charge in [-0.05, 0) is 18.6 Å². The standard InChI is InChI=1S/C12H21NO3S/c1-2-3-4-9-17(14,15)10-7-13-11-12-6-5-8-16-12/h5-6,8,13H,2-4,7,9-11H2,1H3. The number of hydrogen-bond donors (Lipinski definition) is 1. The highest BCUT2D eigenvalue weighted by Crippen LogP contribution is 2.01. The lowest BCUT2D eigenvalue weighted by molar-refractivity contribution is 0.487. The minimum atomic E-state index is -2.89. The third kappa shape index (κ3) is 6.48. The molecule has 1 N–H and O–H groups in total. The van der Waals surface area contributed by atoms with Crippen molar-refractivity contribution in [3.63, 3.8) is 0 Å². The molecule has 0 radical (unpaired) electrons. The summed E-state index contributed by atoms with van der Waals surface area (Å²) in [6, 6.07) is 3.68. The highest BCUT2D eigenvalue weighted by molar-refractivity contribution is 7.91. The summed E-state index contributed by atoms with van der Waals surface area (Å²) < 4.78 is 28.3. The van der Waals surface area contributed by atoms with Crippen LogP contribution in [0.3, 0.4) is 0 Å². The topological polar surface area (TPSA) is 59.3 Å². The zero-order chi connectivity index (χ0) is 12.6. The fourth-order valence-corrected chi connectivity index (χ4v) is 2.83. The van der Waals surface area contributed by atoms with E-state index in [2.05, 4.69) is 12.2 Å². The third-order valence-corrected chi connectivity index (χ3v) is 4.26. The smallest absolute Gasteiger partial charge is 0.151 e. The Labute approximate surface area is 103 Å². The summed E-state index contributed by atoms with van der Waals surface area (Å²) in [6.07, 6.45) is 4.42. The Morgan fingerprint density at radius 1 is 1.29 bits per heavy atom. The molecule has 0 amide bonds. The molecule has 1 heterocycles. The molecule has 1 aromatic rings. The van der Waals surface area contributed by atoms with E-state index in [0.29, 0.717) is 18.8 Å². The number of nitrogens with one attached hydrogen (secondary N) is 1. The van der Waals surface area contributed by atoms with Crippen molar-refractivity contribution in [3.8, 4) is 0 Å². The predicted octanol–water partition coefficient (Wildman–Crippen LogP) is 1.97. The van der Waals surface area contributed by atoms with Crippen LogP contribution in [0.5, 0.6) is 0 Å². The average molecular weight is 259 g/mol. The summed E-state index contributed by atoms with van der Waals surface area (Å²) in [7, 11) is -2.89. The molecule has 0 saturated carbocycles. The van der Waals surface area contributed by atoms with Crippen LogP contribution in [0, 0.1) is 0 Å². The fraction of sp³-hybridized carbons (Fsp3) is 0.667. The van der Waals surface area contributed by atoms with Crippen LogP contribution in [0.25, 0.3) is 0 Å². The molecule has 0 saturated heterocycles. The molecule has 0 spiro atoms. The first kappa shape index (κ1) is 14.3. The van der Waals surface area contributed by atoms with E-state index in [9.17, 15) is 8.42 Å². The van der Waals surface area contributed by atoms with E-state index in [1.807, 2.05) is 12.1 Å². The Kier molecular flexibility index (Phi) is 6.29. The van der Waals surface area contributed by atoms with Gasteiger partial charge in [0.05, 0.1) is 24.3 Å². The lowest BCUT2D eigenvalue weighted by atomic mass is 10.3.